The van der Waals surface area contributed by atoms with Gasteiger partial charge in [0, 0.05) is 10.0 Å². The Hall–Kier alpha value is -1.93. The molecule has 3 nitrogen and oxygen atoms in total. The molecule has 0 aliphatic heterocycles. The van der Waals surface area contributed by atoms with E-state index in [0.29, 0.717) is 21.8 Å². The summed E-state index contributed by atoms with van der Waals surface area (Å²) in [7, 11) is 0. The summed E-state index contributed by atoms with van der Waals surface area (Å²) in [5.74, 6) is 0.323. The maximum Gasteiger partial charge on any atom is 0.416 e. The maximum atomic E-state index is 12.9. The summed E-state index contributed by atoms with van der Waals surface area (Å²) in [5, 5.41) is 6.70. The topological polar surface area (TPSA) is 33.6 Å². The van der Waals surface area contributed by atoms with Gasteiger partial charge in [-0.15, -0.1) is 0 Å². The Labute approximate surface area is 142 Å². The average molecular weight is 400 g/mol. The molecule has 0 aliphatic carbocycles. The molecule has 0 spiro atoms. The minimum atomic E-state index is -4.41. The summed E-state index contributed by atoms with van der Waals surface area (Å²) in [4.78, 5) is 0. The van der Waals surface area contributed by atoms with Crippen molar-refractivity contribution in [1.29, 1.82) is 0 Å². The van der Waals surface area contributed by atoms with E-state index in [-0.39, 0.29) is 0 Å². The van der Waals surface area contributed by atoms with Crippen LogP contribution in [0.4, 0.5) is 13.2 Å². The van der Waals surface area contributed by atoms with E-state index in [9.17, 15) is 13.2 Å². The quantitative estimate of drug-likeness (QED) is 0.587. The molecule has 8 heteroatoms. The number of nitrogens with one attached hydrogen (secondary N) is 1. The Morgan fingerprint density at radius 1 is 1.09 bits per heavy atom. The summed E-state index contributed by atoms with van der Waals surface area (Å²) in [6, 6.07) is 12.2. The third-order valence-corrected chi connectivity index (χ3v) is 4.01. The lowest BCUT2D eigenvalue weighted by Gasteiger charge is -2.10. The number of nitrogens with zero attached hydrogens (tertiary/aromatic N) is 2. The number of rotatable bonds is 2. The molecule has 23 heavy (non-hydrogen) atoms. The molecular formula is C15H9BrF3N3S. The van der Waals surface area contributed by atoms with Gasteiger partial charge in [0.1, 0.15) is 0 Å². The van der Waals surface area contributed by atoms with E-state index >= 15 is 0 Å². The first kappa shape index (κ1) is 15.9. The largest absolute Gasteiger partial charge is 0.416 e. The van der Waals surface area contributed by atoms with Crippen LogP contribution in [-0.2, 0) is 6.18 Å². The van der Waals surface area contributed by atoms with Crippen molar-refractivity contribution in [2.24, 2.45) is 0 Å². The molecule has 0 aliphatic rings. The summed E-state index contributed by atoms with van der Waals surface area (Å²) in [6.45, 7) is 0. The van der Waals surface area contributed by atoms with Crippen LogP contribution in [0.2, 0.25) is 0 Å². The number of alkyl halides is 3. The molecule has 118 valence electrons. The van der Waals surface area contributed by atoms with Gasteiger partial charge in [-0.1, -0.05) is 28.1 Å². The van der Waals surface area contributed by atoms with Crippen molar-refractivity contribution in [2.75, 3.05) is 0 Å². The zero-order valence-corrected chi connectivity index (χ0v) is 13.8. The van der Waals surface area contributed by atoms with Gasteiger partial charge in [0.15, 0.2) is 10.6 Å². The second kappa shape index (κ2) is 5.93. The van der Waals surface area contributed by atoms with Crippen LogP contribution < -0.4 is 0 Å². The van der Waals surface area contributed by atoms with Gasteiger partial charge in [-0.2, -0.15) is 18.3 Å². The highest BCUT2D eigenvalue weighted by Gasteiger charge is 2.30. The fourth-order valence-electron chi connectivity index (χ4n) is 2.15. The Morgan fingerprint density at radius 2 is 1.78 bits per heavy atom. The predicted molar refractivity (Wildman–Crippen MR) is 86.9 cm³/mol. The highest BCUT2D eigenvalue weighted by Crippen LogP contribution is 2.32. The molecule has 3 rings (SSSR count). The van der Waals surface area contributed by atoms with Gasteiger partial charge in [0.2, 0.25) is 0 Å². The molecule has 0 saturated heterocycles. The molecule has 3 aromatic rings. The monoisotopic (exact) mass is 399 g/mol. The maximum absolute atomic E-state index is 12.9. The van der Waals surface area contributed by atoms with Crippen molar-refractivity contribution in [1.82, 2.24) is 14.8 Å². The van der Waals surface area contributed by atoms with Crippen molar-refractivity contribution in [3.05, 3.63) is 63.3 Å². The lowest BCUT2D eigenvalue weighted by Crippen LogP contribution is -2.05. The molecule has 0 fully saturated rings. The van der Waals surface area contributed by atoms with Crippen molar-refractivity contribution >= 4 is 28.1 Å². The minimum Gasteiger partial charge on any atom is -0.268 e. The van der Waals surface area contributed by atoms with Crippen LogP contribution in [0, 0.1) is 4.77 Å². The molecule has 1 aromatic heterocycles. The molecular weight excluding hydrogens is 391 g/mol. The molecule has 2 aromatic carbocycles. The van der Waals surface area contributed by atoms with Gasteiger partial charge in [0.05, 0.1) is 11.3 Å². The molecule has 1 heterocycles. The van der Waals surface area contributed by atoms with E-state index in [1.54, 1.807) is 22.8 Å². The van der Waals surface area contributed by atoms with Gasteiger partial charge < -0.3 is 0 Å². The van der Waals surface area contributed by atoms with Crippen molar-refractivity contribution in [3.8, 4) is 17.1 Å². The van der Waals surface area contributed by atoms with Crippen LogP contribution in [0.15, 0.2) is 53.0 Å². The van der Waals surface area contributed by atoms with Gasteiger partial charge in [0.25, 0.3) is 0 Å². The van der Waals surface area contributed by atoms with Gasteiger partial charge >= 0.3 is 6.18 Å². The lowest BCUT2D eigenvalue weighted by atomic mass is 10.1. The SMILES string of the molecule is FC(F)(F)c1cccc(-c2n[nH]c(=S)n2-c2ccc(Br)cc2)c1. The first-order valence-electron chi connectivity index (χ1n) is 6.47. The minimum absolute atomic E-state index is 0.305. The highest BCUT2D eigenvalue weighted by atomic mass is 79.9. The first-order valence-corrected chi connectivity index (χ1v) is 7.67. The number of hydrogen-bond donors (Lipinski definition) is 1. The van der Waals surface area contributed by atoms with Crippen LogP contribution in [0.3, 0.4) is 0 Å². The molecule has 1 N–H and O–H groups in total. The van der Waals surface area contributed by atoms with E-state index in [2.05, 4.69) is 26.1 Å². The number of H-pyrrole nitrogens is 1. The van der Waals surface area contributed by atoms with Gasteiger partial charge in [-0.25, -0.2) is 0 Å². The van der Waals surface area contributed by atoms with E-state index in [4.69, 9.17) is 12.2 Å². The first-order chi connectivity index (χ1) is 10.9. The Morgan fingerprint density at radius 3 is 2.43 bits per heavy atom. The number of aromatic amines is 1. The number of halogens is 4. The smallest absolute Gasteiger partial charge is 0.268 e. The number of aromatic nitrogens is 3. The molecule has 0 radical (unpaired) electrons. The average Bonchev–Trinajstić information content (AvgIpc) is 2.89. The second-order valence-electron chi connectivity index (χ2n) is 4.74. The second-order valence-corrected chi connectivity index (χ2v) is 6.05. The normalized spacial score (nSPS) is 11.7. The standard InChI is InChI=1S/C15H9BrF3N3S/c16-11-4-6-12(7-5-11)22-13(20-21-14(22)23)9-2-1-3-10(8-9)15(17,18)19/h1-8H,(H,21,23). The Bertz CT molecular complexity index is 897. The van der Waals surface area contributed by atoms with Crippen LogP contribution in [-0.4, -0.2) is 14.8 Å². The van der Waals surface area contributed by atoms with Crippen LogP contribution in [0.25, 0.3) is 17.1 Å². The third-order valence-electron chi connectivity index (χ3n) is 3.21. The zero-order chi connectivity index (χ0) is 16.6. The Balaban J connectivity index is 2.16. The third kappa shape index (κ3) is 3.23. The summed E-state index contributed by atoms with van der Waals surface area (Å²) in [5.41, 5.74) is 0.306. The predicted octanol–water partition coefficient (Wildman–Crippen LogP) is 5.38. The molecule has 0 amide bonds. The van der Waals surface area contributed by atoms with Crippen LogP contribution in [0.5, 0.6) is 0 Å². The fraction of sp³-hybridized carbons (Fsp3) is 0.0667. The number of benzene rings is 2. The van der Waals surface area contributed by atoms with E-state index < -0.39 is 11.7 Å². The Kier molecular flexibility index (Phi) is 4.11. The summed E-state index contributed by atoms with van der Waals surface area (Å²) in [6.07, 6.45) is -4.41. The molecule has 0 saturated carbocycles. The molecule has 0 unspecified atom stereocenters. The van der Waals surface area contributed by atoms with Crippen LogP contribution >= 0.6 is 28.1 Å². The molecule has 0 atom stereocenters. The number of hydrogen-bond acceptors (Lipinski definition) is 2. The highest BCUT2D eigenvalue weighted by molar-refractivity contribution is 9.10. The molecule has 0 bridgehead atoms. The zero-order valence-electron chi connectivity index (χ0n) is 11.4. The van der Waals surface area contributed by atoms with E-state index in [1.165, 1.54) is 6.07 Å². The van der Waals surface area contributed by atoms with Crippen molar-refractivity contribution < 1.29 is 13.2 Å². The summed E-state index contributed by atoms with van der Waals surface area (Å²) < 4.78 is 41.5. The van der Waals surface area contributed by atoms with Crippen molar-refractivity contribution in [2.45, 2.75) is 6.18 Å². The van der Waals surface area contributed by atoms with Crippen LogP contribution in [0.1, 0.15) is 5.56 Å². The van der Waals surface area contributed by atoms with E-state index in [1.807, 2.05) is 12.1 Å². The van der Waals surface area contributed by atoms with Gasteiger partial charge in [-0.3, -0.25) is 9.67 Å². The lowest BCUT2D eigenvalue weighted by molar-refractivity contribution is -0.137. The van der Waals surface area contributed by atoms with Crippen molar-refractivity contribution in [3.63, 3.8) is 0 Å². The van der Waals surface area contributed by atoms with Gasteiger partial charge in [-0.05, 0) is 48.6 Å². The summed E-state index contributed by atoms with van der Waals surface area (Å²) >= 11 is 8.54. The van der Waals surface area contributed by atoms with E-state index in [0.717, 1.165) is 16.6 Å². The fourth-order valence-corrected chi connectivity index (χ4v) is 2.66.